The smallest absolute Gasteiger partial charge is 0.0698 e. The van der Waals surface area contributed by atoms with Crippen molar-refractivity contribution in [2.24, 2.45) is 0 Å². The van der Waals surface area contributed by atoms with Crippen LogP contribution in [0.4, 0.5) is 0 Å². The first-order valence-electron chi connectivity index (χ1n) is 21.4. The van der Waals surface area contributed by atoms with E-state index in [1.807, 2.05) is 0 Å². The zero-order valence-corrected chi connectivity index (χ0v) is 31.7. The molecular weight excluding hydrogens is 566 g/mol. The first kappa shape index (κ1) is 45.8. The van der Waals surface area contributed by atoms with Crippen molar-refractivity contribution in [1.82, 2.24) is 4.90 Å². The minimum Gasteiger partial charge on any atom is -0.395 e. The highest BCUT2D eigenvalue weighted by Crippen LogP contribution is 2.17. The van der Waals surface area contributed by atoms with Gasteiger partial charge in [-0.25, -0.2) is 0 Å². The van der Waals surface area contributed by atoms with E-state index >= 15 is 0 Å². The predicted molar refractivity (Wildman–Crippen MR) is 204 cm³/mol. The summed E-state index contributed by atoms with van der Waals surface area (Å²) in [5.74, 6) is 0. The van der Waals surface area contributed by atoms with Gasteiger partial charge in [0.15, 0.2) is 0 Å². The zero-order valence-electron chi connectivity index (χ0n) is 31.7. The second kappa shape index (κ2) is 42.9. The van der Waals surface area contributed by atoms with E-state index < -0.39 is 0 Å². The van der Waals surface area contributed by atoms with Crippen LogP contribution in [0.15, 0.2) is 0 Å². The highest BCUT2D eigenvalue weighted by molar-refractivity contribution is 4.58. The molecule has 0 fully saturated rings. The molecule has 0 rings (SSSR count). The molecule has 0 atom stereocenters. The fourth-order valence-corrected chi connectivity index (χ4v) is 6.90. The maximum absolute atomic E-state index is 9.24. The van der Waals surface area contributed by atoms with E-state index in [0.29, 0.717) is 13.2 Å². The number of aliphatic hydroxyl groups is 2. The monoisotopic (exact) mass is 654 g/mol. The van der Waals surface area contributed by atoms with Crippen molar-refractivity contribution < 1.29 is 14.9 Å². The topological polar surface area (TPSA) is 52.9 Å². The third-order valence-electron chi connectivity index (χ3n) is 10.0. The van der Waals surface area contributed by atoms with Crippen LogP contribution in [-0.2, 0) is 4.74 Å². The molecular formula is C42H87NO3. The quantitative estimate of drug-likeness (QED) is 0.0644. The Morgan fingerprint density at radius 2 is 0.587 bits per heavy atom. The van der Waals surface area contributed by atoms with Crippen LogP contribution in [0.2, 0.25) is 0 Å². The first-order valence-corrected chi connectivity index (χ1v) is 21.4. The Hall–Kier alpha value is -0.160. The van der Waals surface area contributed by atoms with Crippen LogP contribution in [0.25, 0.3) is 0 Å². The number of unbranched alkanes of at least 4 members (excludes halogenated alkanes) is 33. The van der Waals surface area contributed by atoms with Gasteiger partial charge in [0.05, 0.1) is 26.4 Å². The predicted octanol–water partition coefficient (Wildman–Crippen LogP) is 12.6. The van der Waals surface area contributed by atoms with Crippen LogP contribution >= 0.6 is 0 Å². The minimum atomic E-state index is 0.0830. The SMILES string of the molecule is CCCCCCCCCCCCCCCCCCCCCCCCCCCCCCCCCCCCN(CCO)CCOCCO. The molecule has 0 aromatic heterocycles. The Bertz CT molecular complexity index is 517. The van der Waals surface area contributed by atoms with E-state index in [4.69, 9.17) is 9.84 Å². The van der Waals surface area contributed by atoms with Crippen LogP contribution in [0, 0.1) is 0 Å². The number of hydrogen-bond donors (Lipinski definition) is 2. The normalized spacial score (nSPS) is 11.7. The maximum atomic E-state index is 9.24. The lowest BCUT2D eigenvalue weighted by Crippen LogP contribution is -2.31. The molecule has 0 aliphatic rings. The molecule has 0 spiro atoms. The molecule has 2 N–H and O–H groups in total. The van der Waals surface area contributed by atoms with Gasteiger partial charge in [-0.05, 0) is 13.0 Å². The van der Waals surface area contributed by atoms with Gasteiger partial charge in [0.2, 0.25) is 0 Å². The maximum Gasteiger partial charge on any atom is 0.0698 e. The highest BCUT2D eigenvalue weighted by atomic mass is 16.5. The molecule has 0 aromatic carbocycles. The summed E-state index contributed by atoms with van der Waals surface area (Å²) in [6, 6.07) is 0. The summed E-state index contributed by atoms with van der Waals surface area (Å²) in [4.78, 5) is 2.28. The molecule has 4 heteroatoms. The van der Waals surface area contributed by atoms with Gasteiger partial charge in [0.25, 0.3) is 0 Å². The lowest BCUT2D eigenvalue weighted by molar-refractivity contribution is 0.0689. The van der Waals surface area contributed by atoms with Gasteiger partial charge in [-0.3, -0.25) is 4.90 Å². The molecule has 0 aliphatic carbocycles. The second-order valence-corrected chi connectivity index (χ2v) is 14.6. The third kappa shape index (κ3) is 40.0. The number of ether oxygens (including phenoxy) is 1. The summed E-state index contributed by atoms with van der Waals surface area (Å²) >= 11 is 0. The van der Waals surface area contributed by atoms with Crippen LogP contribution < -0.4 is 0 Å². The molecule has 0 radical (unpaired) electrons. The lowest BCUT2D eigenvalue weighted by atomic mass is 10.0. The number of hydrogen-bond acceptors (Lipinski definition) is 4. The van der Waals surface area contributed by atoms with E-state index in [2.05, 4.69) is 11.8 Å². The molecule has 0 heterocycles. The van der Waals surface area contributed by atoms with E-state index in [-0.39, 0.29) is 13.2 Å². The molecule has 278 valence electrons. The second-order valence-electron chi connectivity index (χ2n) is 14.6. The third-order valence-corrected chi connectivity index (χ3v) is 10.0. The molecule has 0 unspecified atom stereocenters. The Balaban J connectivity index is 3.15. The summed E-state index contributed by atoms with van der Waals surface area (Å²) in [5, 5.41) is 18.0. The van der Waals surface area contributed by atoms with Crippen molar-refractivity contribution in [3.05, 3.63) is 0 Å². The highest BCUT2D eigenvalue weighted by Gasteiger charge is 2.04. The lowest BCUT2D eigenvalue weighted by Gasteiger charge is -2.21. The van der Waals surface area contributed by atoms with Crippen LogP contribution in [0.1, 0.15) is 225 Å². The average Bonchev–Trinajstić information content (AvgIpc) is 3.06. The largest absolute Gasteiger partial charge is 0.395 e. The van der Waals surface area contributed by atoms with Crippen molar-refractivity contribution in [3.8, 4) is 0 Å². The number of rotatable bonds is 42. The molecule has 0 saturated heterocycles. The fourth-order valence-electron chi connectivity index (χ4n) is 6.90. The van der Waals surface area contributed by atoms with Gasteiger partial charge in [-0.2, -0.15) is 0 Å². The van der Waals surface area contributed by atoms with Crippen molar-refractivity contribution in [1.29, 1.82) is 0 Å². The minimum absolute atomic E-state index is 0.0830. The van der Waals surface area contributed by atoms with Gasteiger partial charge in [0.1, 0.15) is 0 Å². The van der Waals surface area contributed by atoms with E-state index in [9.17, 15) is 5.11 Å². The zero-order chi connectivity index (χ0) is 33.3. The van der Waals surface area contributed by atoms with Crippen LogP contribution in [0.5, 0.6) is 0 Å². The van der Waals surface area contributed by atoms with E-state index in [0.717, 1.165) is 19.6 Å². The summed E-state index contributed by atoms with van der Waals surface area (Å²) in [7, 11) is 0. The molecule has 0 bridgehead atoms. The van der Waals surface area contributed by atoms with Crippen molar-refractivity contribution in [2.45, 2.75) is 225 Å². The molecule has 0 amide bonds. The van der Waals surface area contributed by atoms with Crippen molar-refractivity contribution in [3.63, 3.8) is 0 Å². The molecule has 0 saturated carbocycles. The van der Waals surface area contributed by atoms with Gasteiger partial charge >= 0.3 is 0 Å². The van der Waals surface area contributed by atoms with Gasteiger partial charge in [-0.15, -0.1) is 0 Å². The molecule has 4 nitrogen and oxygen atoms in total. The van der Waals surface area contributed by atoms with Crippen molar-refractivity contribution in [2.75, 3.05) is 46.1 Å². The summed E-state index contributed by atoms with van der Waals surface area (Å²) in [5.41, 5.74) is 0. The molecule has 46 heavy (non-hydrogen) atoms. The van der Waals surface area contributed by atoms with Gasteiger partial charge in [0, 0.05) is 13.1 Å². The molecule has 0 aliphatic heterocycles. The van der Waals surface area contributed by atoms with Gasteiger partial charge in [-0.1, -0.05) is 219 Å². The molecule has 0 aromatic rings. The Kier molecular flexibility index (Phi) is 42.7. The van der Waals surface area contributed by atoms with Crippen molar-refractivity contribution >= 4 is 0 Å². The summed E-state index contributed by atoms with van der Waals surface area (Å²) in [6.45, 7) is 6.26. The summed E-state index contributed by atoms with van der Waals surface area (Å²) in [6.07, 6.45) is 49.1. The van der Waals surface area contributed by atoms with Crippen LogP contribution in [-0.4, -0.2) is 61.2 Å². The standard InChI is InChI=1S/C42H87NO3/c1-2-3-4-5-6-7-8-9-10-11-12-13-14-15-16-17-18-19-20-21-22-23-24-25-26-27-28-29-30-31-32-33-34-35-36-43(37-39-44)38-41-46-42-40-45/h44-45H,2-42H2,1H3. The van der Waals surface area contributed by atoms with Crippen LogP contribution in [0.3, 0.4) is 0 Å². The Labute approximate surface area is 290 Å². The fraction of sp³-hybridized carbons (Fsp3) is 1.00. The number of nitrogens with zero attached hydrogens (tertiary/aromatic N) is 1. The van der Waals surface area contributed by atoms with E-state index in [1.165, 1.54) is 218 Å². The Morgan fingerprint density at radius 1 is 0.304 bits per heavy atom. The first-order chi connectivity index (χ1) is 22.8. The Morgan fingerprint density at radius 3 is 0.848 bits per heavy atom. The number of aliphatic hydroxyl groups excluding tert-OH is 2. The average molecular weight is 654 g/mol. The summed E-state index contributed by atoms with van der Waals surface area (Å²) < 4.78 is 5.36. The van der Waals surface area contributed by atoms with Gasteiger partial charge < -0.3 is 14.9 Å². The van der Waals surface area contributed by atoms with E-state index in [1.54, 1.807) is 0 Å².